The molecule has 2 aromatic heterocycles. The second-order valence-electron chi connectivity index (χ2n) is 4.44. The average Bonchev–Trinajstić information content (AvgIpc) is 2.96. The van der Waals surface area contributed by atoms with Crippen LogP contribution < -0.4 is 0 Å². The van der Waals surface area contributed by atoms with Crippen molar-refractivity contribution in [2.75, 3.05) is 6.61 Å². The van der Waals surface area contributed by atoms with Crippen molar-refractivity contribution in [1.29, 1.82) is 0 Å². The highest BCUT2D eigenvalue weighted by atomic mass is 16.5. The molecule has 0 bridgehead atoms. The molecule has 2 rings (SSSR count). The first-order chi connectivity index (χ1) is 8.69. The Morgan fingerprint density at radius 3 is 2.94 bits per heavy atom. The molecule has 1 N–H and O–H groups in total. The van der Waals surface area contributed by atoms with Crippen molar-refractivity contribution < 1.29 is 9.63 Å². The van der Waals surface area contributed by atoms with Crippen molar-refractivity contribution in [2.45, 2.75) is 39.2 Å². The molecule has 2 heterocycles. The van der Waals surface area contributed by atoms with Crippen molar-refractivity contribution in [3.05, 3.63) is 23.6 Å². The van der Waals surface area contributed by atoms with E-state index in [0.717, 1.165) is 12.1 Å². The molecule has 0 radical (unpaired) electrons. The highest BCUT2D eigenvalue weighted by Crippen LogP contribution is 2.11. The molecule has 0 saturated heterocycles. The van der Waals surface area contributed by atoms with E-state index in [1.807, 2.05) is 20.0 Å². The van der Waals surface area contributed by atoms with E-state index < -0.39 is 0 Å². The average molecular weight is 251 g/mol. The lowest BCUT2D eigenvalue weighted by molar-refractivity contribution is 0.288. The molecule has 0 unspecified atom stereocenters. The molecule has 7 nitrogen and oxygen atoms in total. The third kappa shape index (κ3) is 3.13. The molecule has 0 saturated carbocycles. The van der Waals surface area contributed by atoms with E-state index in [2.05, 4.69) is 20.5 Å². The van der Waals surface area contributed by atoms with Crippen LogP contribution in [0.15, 0.2) is 10.7 Å². The smallest absolute Gasteiger partial charge is 0.229 e. The zero-order valence-corrected chi connectivity index (χ0v) is 10.6. The van der Waals surface area contributed by atoms with Crippen LogP contribution in [0.2, 0.25) is 0 Å². The predicted molar refractivity (Wildman–Crippen MR) is 62.9 cm³/mol. The summed E-state index contributed by atoms with van der Waals surface area (Å²) < 4.78 is 6.78. The van der Waals surface area contributed by atoms with E-state index in [-0.39, 0.29) is 12.5 Å². The number of hydrogen-bond donors (Lipinski definition) is 1. The molecule has 0 fully saturated rings. The van der Waals surface area contributed by atoms with Gasteiger partial charge in [0.15, 0.2) is 5.82 Å². The van der Waals surface area contributed by atoms with Gasteiger partial charge in [-0.25, -0.2) is 4.68 Å². The summed E-state index contributed by atoms with van der Waals surface area (Å²) in [5, 5.41) is 20.6. The Morgan fingerprint density at radius 1 is 1.44 bits per heavy atom. The van der Waals surface area contributed by atoms with Gasteiger partial charge in [0.2, 0.25) is 5.89 Å². The van der Waals surface area contributed by atoms with Crippen molar-refractivity contribution in [2.24, 2.45) is 0 Å². The minimum absolute atomic E-state index is 0.162. The largest absolute Gasteiger partial charge is 0.396 e. The lowest BCUT2D eigenvalue weighted by Crippen LogP contribution is -2.02. The van der Waals surface area contributed by atoms with Gasteiger partial charge >= 0.3 is 0 Å². The molecular formula is C11H17N5O2. The van der Waals surface area contributed by atoms with Crippen molar-refractivity contribution >= 4 is 0 Å². The third-order valence-corrected chi connectivity index (χ3v) is 2.46. The van der Waals surface area contributed by atoms with Gasteiger partial charge in [-0.05, 0) is 12.8 Å². The number of aryl methyl sites for hydroxylation is 1. The highest BCUT2D eigenvalue weighted by molar-refractivity contribution is 4.95. The Labute approximate surface area is 105 Å². The maximum Gasteiger partial charge on any atom is 0.229 e. The van der Waals surface area contributed by atoms with Crippen LogP contribution in [0.5, 0.6) is 0 Å². The van der Waals surface area contributed by atoms with Crippen LogP contribution in [-0.2, 0) is 13.0 Å². The van der Waals surface area contributed by atoms with Gasteiger partial charge in [-0.15, -0.1) is 5.10 Å². The second-order valence-corrected chi connectivity index (χ2v) is 4.44. The highest BCUT2D eigenvalue weighted by Gasteiger charge is 2.11. The Hall–Kier alpha value is -1.76. The van der Waals surface area contributed by atoms with Crippen LogP contribution in [0, 0.1) is 0 Å². The summed E-state index contributed by atoms with van der Waals surface area (Å²) >= 11 is 0. The van der Waals surface area contributed by atoms with E-state index in [0.29, 0.717) is 24.7 Å². The maximum absolute atomic E-state index is 8.74. The summed E-state index contributed by atoms with van der Waals surface area (Å²) in [6.07, 6.45) is 3.25. The van der Waals surface area contributed by atoms with Crippen molar-refractivity contribution in [3.8, 4) is 0 Å². The third-order valence-electron chi connectivity index (χ3n) is 2.46. The summed E-state index contributed by atoms with van der Waals surface area (Å²) in [5.74, 6) is 1.45. The summed E-state index contributed by atoms with van der Waals surface area (Å²) in [4.78, 5) is 4.27. The number of rotatable bonds is 6. The van der Waals surface area contributed by atoms with Crippen LogP contribution in [0.3, 0.4) is 0 Å². The van der Waals surface area contributed by atoms with E-state index in [1.54, 1.807) is 4.68 Å². The quantitative estimate of drug-likeness (QED) is 0.815. The molecule has 0 aliphatic carbocycles. The van der Waals surface area contributed by atoms with Crippen LogP contribution in [0.25, 0.3) is 0 Å². The SMILES string of the molecule is CC(C)c1nc(Cn2cc(CCCO)nn2)no1. The van der Waals surface area contributed by atoms with E-state index in [4.69, 9.17) is 9.63 Å². The van der Waals surface area contributed by atoms with Gasteiger partial charge in [0.1, 0.15) is 6.54 Å². The maximum atomic E-state index is 8.74. The normalized spacial score (nSPS) is 11.3. The molecule has 0 aliphatic rings. The molecular weight excluding hydrogens is 234 g/mol. The number of nitrogens with zero attached hydrogens (tertiary/aromatic N) is 5. The Kier molecular flexibility index (Phi) is 4.03. The Bertz CT molecular complexity index is 491. The fraction of sp³-hybridized carbons (Fsp3) is 0.636. The van der Waals surface area contributed by atoms with Gasteiger partial charge < -0.3 is 9.63 Å². The van der Waals surface area contributed by atoms with Crippen LogP contribution in [0.4, 0.5) is 0 Å². The Balaban J connectivity index is 1.97. The molecule has 0 spiro atoms. The predicted octanol–water partition coefficient (Wildman–Crippen LogP) is 0.758. The molecule has 0 aromatic carbocycles. The molecule has 7 heteroatoms. The molecule has 98 valence electrons. The van der Waals surface area contributed by atoms with E-state index in [9.17, 15) is 0 Å². The molecule has 2 aromatic rings. The first kappa shape index (κ1) is 12.7. The van der Waals surface area contributed by atoms with Crippen LogP contribution in [0.1, 0.15) is 43.6 Å². The summed E-state index contributed by atoms with van der Waals surface area (Å²) in [7, 11) is 0. The van der Waals surface area contributed by atoms with Crippen molar-refractivity contribution in [1.82, 2.24) is 25.1 Å². The Morgan fingerprint density at radius 2 is 2.28 bits per heavy atom. The van der Waals surface area contributed by atoms with Gasteiger partial charge in [0.25, 0.3) is 0 Å². The van der Waals surface area contributed by atoms with Gasteiger partial charge in [-0.1, -0.05) is 24.2 Å². The molecule has 0 atom stereocenters. The molecule has 0 amide bonds. The zero-order chi connectivity index (χ0) is 13.0. The summed E-state index contributed by atoms with van der Waals surface area (Å²) in [5.41, 5.74) is 0.858. The zero-order valence-electron chi connectivity index (χ0n) is 10.6. The minimum atomic E-state index is 0.162. The number of hydrogen-bond acceptors (Lipinski definition) is 6. The van der Waals surface area contributed by atoms with Crippen LogP contribution in [-0.4, -0.2) is 36.8 Å². The van der Waals surface area contributed by atoms with Gasteiger partial charge in [0, 0.05) is 18.7 Å². The van der Waals surface area contributed by atoms with Gasteiger partial charge in [-0.3, -0.25) is 0 Å². The fourth-order valence-electron chi connectivity index (χ4n) is 1.50. The van der Waals surface area contributed by atoms with Gasteiger partial charge in [0.05, 0.1) is 5.69 Å². The first-order valence-corrected chi connectivity index (χ1v) is 6.01. The topological polar surface area (TPSA) is 89.9 Å². The second kappa shape index (κ2) is 5.72. The number of aliphatic hydroxyl groups excluding tert-OH is 1. The standard InChI is InChI=1S/C11H17N5O2/c1-8(2)11-12-10(14-18-11)7-16-6-9(13-15-16)4-3-5-17/h6,8,17H,3-5,7H2,1-2H3. The lowest BCUT2D eigenvalue weighted by Gasteiger charge is -1.94. The number of aromatic nitrogens is 5. The fourth-order valence-corrected chi connectivity index (χ4v) is 1.50. The monoisotopic (exact) mass is 251 g/mol. The van der Waals surface area contributed by atoms with E-state index in [1.165, 1.54) is 0 Å². The van der Waals surface area contributed by atoms with E-state index >= 15 is 0 Å². The summed E-state index contributed by atoms with van der Waals surface area (Å²) in [6.45, 7) is 4.61. The first-order valence-electron chi connectivity index (χ1n) is 6.01. The summed E-state index contributed by atoms with van der Waals surface area (Å²) in [6, 6.07) is 0. The minimum Gasteiger partial charge on any atom is -0.396 e. The lowest BCUT2D eigenvalue weighted by atomic mass is 10.2. The molecule has 0 aliphatic heterocycles. The number of aliphatic hydroxyl groups is 1. The molecule has 18 heavy (non-hydrogen) atoms. The van der Waals surface area contributed by atoms with Gasteiger partial charge in [-0.2, -0.15) is 4.98 Å². The van der Waals surface area contributed by atoms with Crippen LogP contribution >= 0.6 is 0 Å². The van der Waals surface area contributed by atoms with Crippen molar-refractivity contribution in [3.63, 3.8) is 0 Å².